The summed E-state index contributed by atoms with van der Waals surface area (Å²) >= 11 is 4.57. The first-order chi connectivity index (χ1) is 14.7. The molecule has 3 rings (SSSR count). The van der Waals surface area contributed by atoms with Gasteiger partial charge in [0.1, 0.15) is 22.7 Å². The Kier molecular flexibility index (Phi) is 7.24. The van der Waals surface area contributed by atoms with Gasteiger partial charge in [-0.2, -0.15) is 4.73 Å². The SMILES string of the molecule is C/C(=C/N/C(N)=N/[C@@]1(S)CCOC1C)On1cnc(C(=O)NCc2cccc(C)c2)c1. The van der Waals surface area contributed by atoms with Gasteiger partial charge in [0, 0.05) is 19.2 Å². The minimum atomic E-state index is -0.648. The van der Waals surface area contributed by atoms with Crippen molar-refractivity contribution in [2.45, 2.75) is 44.7 Å². The molecule has 1 aromatic carbocycles. The van der Waals surface area contributed by atoms with Gasteiger partial charge in [0.25, 0.3) is 5.91 Å². The van der Waals surface area contributed by atoms with Crippen LogP contribution in [0.4, 0.5) is 0 Å². The molecule has 31 heavy (non-hydrogen) atoms. The average molecular weight is 445 g/mol. The largest absolute Gasteiger partial charge is 0.378 e. The molecule has 2 aromatic rings. The maximum Gasteiger partial charge on any atom is 0.271 e. The molecule has 0 bridgehead atoms. The molecule has 1 amide bonds. The van der Waals surface area contributed by atoms with Crippen molar-refractivity contribution < 1.29 is 14.4 Å². The van der Waals surface area contributed by atoms with Gasteiger partial charge in [-0.05, 0) is 26.3 Å². The number of allylic oxidation sites excluding steroid dienone is 1. The van der Waals surface area contributed by atoms with Crippen LogP contribution in [0.5, 0.6) is 0 Å². The standard InChI is InChI=1S/C21H28N6O3S/c1-14-5-4-6-17(9-14)11-23-19(28)18-12-27(13-25-18)30-15(2)10-24-20(22)26-21(31)7-8-29-16(21)3/h4-6,9-10,12-13,16,31H,7-8,11H2,1-3H3,(H,23,28)(H3,22,24,26)/b15-10-/t16?,21-/m1/s1. The smallest absolute Gasteiger partial charge is 0.271 e. The maximum absolute atomic E-state index is 12.3. The highest BCUT2D eigenvalue weighted by Gasteiger charge is 2.38. The Morgan fingerprint density at radius 1 is 1.55 bits per heavy atom. The Hall–Kier alpha value is -2.98. The number of guanidine groups is 1. The number of nitrogens with one attached hydrogen (secondary N) is 2. The Labute approximate surface area is 187 Å². The van der Waals surface area contributed by atoms with Crippen molar-refractivity contribution >= 4 is 24.5 Å². The van der Waals surface area contributed by atoms with Gasteiger partial charge in [0.05, 0.1) is 18.9 Å². The first-order valence-corrected chi connectivity index (χ1v) is 10.4. The molecule has 1 aliphatic rings. The van der Waals surface area contributed by atoms with Crippen LogP contribution in [0.2, 0.25) is 0 Å². The van der Waals surface area contributed by atoms with Crippen molar-refractivity contribution in [3.8, 4) is 0 Å². The fraction of sp³-hybridized carbons (Fsp3) is 0.381. The van der Waals surface area contributed by atoms with E-state index in [9.17, 15) is 4.79 Å². The third-order valence-electron chi connectivity index (χ3n) is 4.80. The van der Waals surface area contributed by atoms with Crippen molar-refractivity contribution in [1.29, 1.82) is 0 Å². The molecule has 166 valence electrons. The summed E-state index contributed by atoms with van der Waals surface area (Å²) in [6, 6.07) is 7.95. The lowest BCUT2D eigenvalue weighted by atomic mass is 10.1. The highest BCUT2D eigenvalue weighted by molar-refractivity contribution is 7.81. The maximum atomic E-state index is 12.3. The number of rotatable bonds is 7. The van der Waals surface area contributed by atoms with E-state index in [2.05, 4.69) is 33.2 Å². The molecule has 1 aromatic heterocycles. The van der Waals surface area contributed by atoms with Gasteiger partial charge in [-0.1, -0.05) is 29.8 Å². The molecule has 0 radical (unpaired) electrons. The topological polar surface area (TPSA) is 116 Å². The summed E-state index contributed by atoms with van der Waals surface area (Å²) in [6.07, 6.45) is 5.03. The summed E-state index contributed by atoms with van der Waals surface area (Å²) < 4.78 is 6.84. The zero-order valence-electron chi connectivity index (χ0n) is 17.8. The van der Waals surface area contributed by atoms with Crippen LogP contribution in [0, 0.1) is 6.92 Å². The van der Waals surface area contributed by atoms with Gasteiger partial charge in [-0.3, -0.25) is 4.79 Å². The van der Waals surface area contributed by atoms with E-state index in [0.29, 0.717) is 25.3 Å². The molecule has 0 spiro atoms. The second-order valence-electron chi connectivity index (χ2n) is 7.42. The number of nitrogens with two attached hydrogens (primary N) is 1. The van der Waals surface area contributed by atoms with Crippen molar-refractivity contribution in [3.63, 3.8) is 0 Å². The van der Waals surface area contributed by atoms with Crippen molar-refractivity contribution in [2.75, 3.05) is 6.61 Å². The summed E-state index contributed by atoms with van der Waals surface area (Å²) in [4.78, 5) is 25.8. The molecule has 1 aliphatic heterocycles. The number of carbonyl (C=O) groups is 1. The summed E-state index contributed by atoms with van der Waals surface area (Å²) in [5, 5.41) is 5.71. The Morgan fingerprint density at radius 3 is 3.06 bits per heavy atom. The average Bonchev–Trinajstić information content (AvgIpc) is 3.31. The molecule has 2 atom stereocenters. The van der Waals surface area contributed by atoms with Gasteiger partial charge >= 0.3 is 0 Å². The number of aliphatic imine (C=N–C) groups is 1. The lowest BCUT2D eigenvalue weighted by Crippen LogP contribution is -2.36. The molecule has 1 saturated heterocycles. The summed E-state index contributed by atoms with van der Waals surface area (Å²) in [5.74, 6) is 0.412. The quantitative estimate of drug-likeness (QED) is 0.224. The van der Waals surface area contributed by atoms with Crippen LogP contribution in [-0.2, 0) is 11.3 Å². The molecule has 2 heterocycles. The van der Waals surface area contributed by atoms with E-state index in [1.54, 1.807) is 13.1 Å². The molecule has 4 N–H and O–H groups in total. The number of aryl methyl sites for hydroxylation is 1. The molecule has 0 saturated carbocycles. The fourth-order valence-electron chi connectivity index (χ4n) is 3.05. The van der Waals surface area contributed by atoms with E-state index >= 15 is 0 Å². The Bertz CT molecular complexity index is 989. The zero-order valence-corrected chi connectivity index (χ0v) is 18.7. The first kappa shape index (κ1) is 22.7. The van der Waals surface area contributed by atoms with Crippen LogP contribution in [-0.4, -0.2) is 39.2 Å². The lowest BCUT2D eigenvalue weighted by molar-refractivity contribution is 0.0944. The molecule has 0 aliphatic carbocycles. The molecule has 10 heteroatoms. The number of imidazole rings is 1. The number of ether oxygens (including phenoxy) is 1. The summed E-state index contributed by atoms with van der Waals surface area (Å²) in [7, 11) is 0. The van der Waals surface area contributed by atoms with Gasteiger partial charge in [0.15, 0.2) is 5.96 Å². The monoisotopic (exact) mass is 444 g/mol. The highest BCUT2D eigenvalue weighted by Crippen LogP contribution is 2.33. The third-order valence-corrected chi connectivity index (χ3v) is 5.49. The minimum absolute atomic E-state index is 0.126. The fourth-order valence-corrected chi connectivity index (χ4v) is 3.32. The van der Waals surface area contributed by atoms with E-state index in [4.69, 9.17) is 15.3 Å². The van der Waals surface area contributed by atoms with Crippen LogP contribution in [0.25, 0.3) is 0 Å². The Morgan fingerprint density at radius 2 is 2.35 bits per heavy atom. The van der Waals surface area contributed by atoms with Crippen LogP contribution < -0.4 is 21.2 Å². The number of hydrogen-bond donors (Lipinski definition) is 4. The van der Waals surface area contributed by atoms with Gasteiger partial charge in [-0.15, -0.1) is 12.6 Å². The van der Waals surface area contributed by atoms with Crippen LogP contribution in [0.3, 0.4) is 0 Å². The van der Waals surface area contributed by atoms with Crippen LogP contribution in [0.1, 0.15) is 41.9 Å². The zero-order chi connectivity index (χ0) is 22.4. The number of nitrogens with zero attached hydrogens (tertiary/aromatic N) is 3. The second-order valence-corrected chi connectivity index (χ2v) is 8.19. The molecular formula is C21H28N6O3S. The molecular weight excluding hydrogens is 416 g/mol. The van der Waals surface area contributed by atoms with Crippen molar-refractivity contribution in [3.05, 3.63) is 65.6 Å². The normalized spacial score (nSPS) is 21.7. The Balaban J connectivity index is 1.51. The van der Waals surface area contributed by atoms with Gasteiger partial charge in [-0.25, -0.2) is 9.98 Å². The highest BCUT2D eigenvalue weighted by atomic mass is 32.1. The van der Waals surface area contributed by atoms with Gasteiger partial charge in [0.2, 0.25) is 0 Å². The number of thiol groups is 1. The molecule has 1 fully saturated rings. The number of hydrogen-bond acceptors (Lipinski definition) is 6. The molecule has 9 nitrogen and oxygen atoms in total. The van der Waals surface area contributed by atoms with E-state index < -0.39 is 4.87 Å². The molecule has 1 unspecified atom stereocenters. The van der Waals surface area contributed by atoms with E-state index in [1.807, 2.05) is 38.1 Å². The van der Waals surface area contributed by atoms with E-state index in [-0.39, 0.29) is 23.7 Å². The van der Waals surface area contributed by atoms with Crippen molar-refractivity contribution in [1.82, 2.24) is 20.3 Å². The van der Waals surface area contributed by atoms with Gasteiger partial charge < -0.3 is 25.9 Å². The third kappa shape index (κ3) is 6.25. The first-order valence-electron chi connectivity index (χ1n) is 9.94. The van der Waals surface area contributed by atoms with Crippen LogP contribution >= 0.6 is 12.6 Å². The number of aromatic nitrogens is 2. The number of amides is 1. The van der Waals surface area contributed by atoms with E-state index in [1.165, 1.54) is 17.3 Å². The predicted molar refractivity (Wildman–Crippen MR) is 121 cm³/mol. The second kappa shape index (κ2) is 9.88. The predicted octanol–water partition coefficient (Wildman–Crippen LogP) is 1.75. The van der Waals surface area contributed by atoms with Crippen LogP contribution in [0.15, 0.2) is 53.7 Å². The summed E-state index contributed by atoms with van der Waals surface area (Å²) in [6.45, 7) is 6.67. The van der Waals surface area contributed by atoms with E-state index in [0.717, 1.165) is 11.1 Å². The van der Waals surface area contributed by atoms with Crippen molar-refractivity contribution in [2.24, 2.45) is 10.7 Å². The minimum Gasteiger partial charge on any atom is -0.378 e. The lowest BCUT2D eigenvalue weighted by Gasteiger charge is -2.22. The summed E-state index contributed by atoms with van der Waals surface area (Å²) in [5.41, 5.74) is 8.35. The number of benzene rings is 1. The number of carbonyl (C=O) groups excluding carboxylic acids is 1.